The summed E-state index contributed by atoms with van der Waals surface area (Å²) in [6, 6.07) is 4.39. The van der Waals surface area contributed by atoms with Crippen LogP contribution < -0.4 is 10.1 Å². The molecule has 0 aliphatic carbocycles. The van der Waals surface area contributed by atoms with Crippen LogP contribution in [-0.4, -0.2) is 26.2 Å². The van der Waals surface area contributed by atoms with E-state index in [9.17, 15) is 9.18 Å². The van der Waals surface area contributed by atoms with Crippen molar-refractivity contribution in [2.24, 2.45) is 0 Å². The number of rotatable bonds is 7. The molecule has 1 rings (SSSR count). The lowest BCUT2D eigenvalue weighted by Gasteiger charge is -2.28. The van der Waals surface area contributed by atoms with E-state index >= 15 is 0 Å². The first-order valence-electron chi connectivity index (χ1n) is 6.36. The van der Waals surface area contributed by atoms with Crippen LogP contribution in [0.15, 0.2) is 30.9 Å². The molecule has 1 atom stereocenters. The van der Waals surface area contributed by atoms with Crippen LogP contribution in [0.4, 0.5) is 4.39 Å². The molecule has 0 bridgehead atoms. The lowest BCUT2D eigenvalue weighted by atomic mass is 9.91. The molecule has 0 amide bonds. The molecule has 0 aliphatic rings. The summed E-state index contributed by atoms with van der Waals surface area (Å²) in [4.78, 5) is 12.2. The van der Waals surface area contributed by atoms with Crippen molar-refractivity contribution in [3.63, 3.8) is 0 Å². The Labute approximate surface area is 118 Å². The van der Waals surface area contributed by atoms with Crippen molar-refractivity contribution in [1.29, 1.82) is 0 Å². The average molecular weight is 281 g/mol. The highest BCUT2D eigenvalue weighted by atomic mass is 19.1. The quantitative estimate of drug-likeness (QED) is 0.616. The molecule has 5 heteroatoms. The Balaban J connectivity index is 3.18. The molecule has 1 unspecified atom stereocenters. The predicted molar refractivity (Wildman–Crippen MR) is 75.1 cm³/mol. The summed E-state index contributed by atoms with van der Waals surface area (Å²) in [5, 5.41) is 3.01. The molecule has 0 spiro atoms. The highest BCUT2D eigenvalue weighted by molar-refractivity contribution is 5.82. The smallest absolute Gasteiger partial charge is 0.330 e. The van der Waals surface area contributed by atoms with Crippen LogP contribution in [0.5, 0.6) is 5.75 Å². The van der Waals surface area contributed by atoms with Crippen molar-refractivity contribution in [3.05, 3.63) is 42.2 Å². The molecular formula is C15H20FNO3. The normalized spacial score (nSPS) is 13.4. The van der Waals surface area contributed by atoms with Gasteiger partial charge in [0, 0.05) is 6.54 Å². The first-order chi connectivity index (χ1) is 9.49. The van der Waals surface area contributed by atoms with Crippen molar-refractivity contribution < 1.29 is 18.7 Å². The van der Waals surface area contributed by atoms with E-state index in [1.807, 2.05) is 0 Å². The third-order valence-corrected chi connectivity index (χ3v) is 3.01. The van der Waals surface area contributed by atoms with Gasteiger partial charge in [-0.15, -0.1) is 6.58 Å². The number of carbonyl (C=O) groups is 1. The first kappa shape index (κ1) is 16.2. The van der Waals surface area contributed by atoms with E-state index in [2.05, 4.69) is 11.9 Å². The van der Waals surface area contributed by atoms with Crippen LogP contribution in [0.1, 0.15) is 19.4 Å². The Hall–Kier alpha value is -1.88. The number of methoxy groups -OCH3 is 1. The number of ether oxygens (including phenoxy) is 2. The van der Waals surface area contributed by atoms with Gasteiger partial charge in [-0.1, -0.05) is 12.1 Å². The van der Waals surface area contributed by atoms with Gasteiger partial charge < -0.3 is 9.47 Å². The van der Waals surface area contributed by atoms with Crippen molar-refractivity contribution in [1.82, 2.24) is 5.32 Å². The number of hydrogen-bond donors (Lipinski definition) is 1. The molecular weight excluding hydrogens is 261 g/mol. The first-order valence-corrected chi connectivity index (χ1v) is 6.36. The molecule has 0 heterocycles. The number of carbonyl (C=O) groups excluding carboxylic acids is 1. The van der Waals surface area contributed by atoms with Crippen molar-refractivity contribution in [2.75, 3.05) is 20.3 Å². The van der Waals surface area contributed by atoms with E-state index in [1.165, 1.54) is 19.2 Å². The summed E-state index contributed by atoms with van der Waals surface area (Å²) in [6.45, 7) is 7.61. The van der Waals surface area contributed by atoms with E-state index in [-0.39, 0.29) is 12.4 Å². The minimum absolute atomic E-state index is 0.128. The van der Waals surface area contributed by atoms with E-state index < -0.39 is 17.3 Å². The van der Waals surface area contributed by atoms with Crippen molar-refractivity contribution >= 4 is 5.97 Å². The zero-order chi connectivity index (χ0) is 15.2. The van der Waals surface area contributed by atoms with Crippen LogP contribution in [0, 0.1) is 5.82 Å². The van der Waals surface area contributed by atoms with Crippen LogP contribution >= 0.6 is 0 Å². The minimum atomic E-state index is -1.14. The maximum atomic E-state index is 13.8. The summed E-state index contributed by atoms with van der Waals surface area (Å²) in [5.41, 5.74) is -0.673. The van der Waals surface area contributed by atoms with Gasteiger partial charge in [0.1, 0.15) is 5.54 Å². The molecule has 110 valence electrons. The maximum Gasteiger partial charge on any atom is 0.330 e. The van der Waals surface area contributed by atoms with Gasteiger partial charge in [-0.05, 0) is 31.5 Å². The third kappa shape index (κ3) is 3.36. The predicted octanol–water partition coefficient (Wildman–Crippen LogP) is 2.39. The van der Waals surface area contributed by atoms with Gasteiger partial charge in [0.05, 0.1) is 13.7 Å². The summed E-state index contributed by atoms with van der Waals surface area (Å²) in [6.07, 6.45) is 1.62. The number of halogens is 1. The second-order valence-electron chi connectivity index (χ2n) is 4.36. The van der Waals surface area contributed by atoms with E-state index in [4.69, 9.17) is 9.47 Å². The number of hydrogen-bond acceptors (Lipinski definition) is 4. The molecule has 20 heavy (non-hydrogen) atoms. The summed E-state index contributed by atoms with van der Waals surface area (Å²) >= 11 is 0. The standard InChI is InChI=1S/C15H20FNO3/c1-5-9-17-15(3,14(18)20-6-2)11-7-8-13(19-4)12(16)10-11/h5,7-8,10,17H,1,6,9H2,2-4H3. The van der Waals surface area contributed by atoms with E-state index in [0.717, 1.165) is 0 Å². The van der Waals surface area contributed by atoms with Gasteiger partial charge in [0.2, 0.25) is 0 Å². The third-order valence-electron chi connectivity index (χ3n) is 3.01. The van der Waals surface area contributed by atoms with Gasteiger partial charge in [-0.25, -0.2) is 9.18 Å². The molecule has 0 saturated carbocycles. The molecule has 0 fully saturated rings. The van der Waals surface area contributed by atoms with Gasteiger partial charge >= 0.3 is 5.97 Å². The summed E-state index contributed by atoms with van der Waals surface area (Å²) < 4.78 is 23.8. The molecule has 0 aromatic heterocycles. The Bertz CT molecular complexity index is 490. The second-order valence-corrected chi connectivity index (χ2v) is 4.36. The summed E-state index contributed by atoms with van der Waals surface area (Å²) in [5.74, 6) is -0.865. The molecule has 0 saturated heterocycles. The highest BCUT2D eigenvalue weighted by Crippen LogP contribution is 2.27. The van der Waals surface area contributed by atoms with Gasteiger partial charge in [-0.3, -0.25) is 5.32 Å². The fraction of sp³-hybridized carbons (Fsp3) is 0.400. The molecule has 4 nitrogen and oxygen atoms in total. The topological polar surface area (TPSA) is 47.6 Å². The van der Waals surface area contributed by atoms with Crippen molar-refractivity contribution in [3.8, 4) is 5.75 Å². The van der Waals surface area contributed by atoms with Crippen molar-refractivity contribution in [2.45, 2.75) is 19.4 Å². The molecule has 0 radical (unpaired) electrons. The van der Waals surface area contributed by atoms with Crippen LogP contribution in [-0.2, 0) is 15.1 Å². The van der Waals surface area contributed by atoms with Crippen LogP contribution in [0.25, 0.3) is 0 Å². The molecule has 1 aromatic carbocycles. The van der Waals surface area contributed by atoms with Gasteiger partial charge in [-0.2, -0.15) is 0 Å². The Morgan fingerprint density at radius 3 is 2.75 bits per heavy atom. The van der Waals surface area contributed by atoms with Gasteiger partial charge in [0.25, 0.3) is 0 Å². The Morgan fingerprint density at radius 2 is 2.25 bits per heavy atom. The average Bonchev–Trinajstić information content (AvgIpc) is 2.44. The fourth-order valence-corrected chi connectivity index (χ4v) is 1.82. The SMILES string of the molecule is C=CCNC(C)(C(=O)OCC)c1ccc(OC)c(F)c1. The minimum Gasteiger partial charge on any atom is -0.494 e. The second kappa shape index (κ2) is 7.05. The molecule has 1 aromatic rings. The lowest BCUT2D eigenvalue weighted by molar-refractivity contribution is -0.150. The zero-order valence-corrected chi connectivity index (χ0v) is 12.0. The highest BCUT2D eigenvalue weighted by Gasteiger charge is 2.36. The number of nitrogens with one attached hydrogen (secondary N) is 1. The molecule has 1 N–H and O–H groups in total. The largest absolute Gasteiger partial charge is 0.494 e. The molecule has 0 aliphatic heterocycles. The zero-order valence-electron chi connectivity index (χ0n) is 12.0. The fourth-order valence-electron chi connectivity index (χ4n) is 1.82. The Morgan fingerprint density at radius 1 is 1.55 bits per heavy atom. The number of esters is 1. The maximum absolute atomic E-state index is 13.8. The van der Waals surface area contributed by atoms with Crippen LogP contribution in [0.3, 0.4) is 0 Å². The monoisotopic (exact) mass is 281 g/mol. The summed E-state index contributed by atoms with van der Waals surface area (Å²) in [7, 11) is 1.39. The van der Waals surface area contributed by atoms with E-state index in [1.54, 1.807) is 26.0 Å². The van der Waals surface area contributed by atoms with E-state index in [0.29, 0.717) is 12.1 Å². The number of benzene rings is 1. The van der Waals surface area contributed by atoms with Crippen LogP contribution in [0.2, 0.25) is 0 Å². The lowest BCUT2D eigenvalue weighted by Crippen LogP contribution is -2.47. The Kier molecular flexibility index (Phi) is 5.70. The van der Waals surface area contributed by atoms with Gasteiger partial charge in [0.15, 0.2) is 11.6 Å².